The van der Waals surface area contributed by atoms with Crippen molar-refractivity contribution in [1.29, 1.82) is 0 Å². The minimum Gasteiger partial charge on any atom is -0.494 e. The van der Waals surface area contributed by atoms with Crippen LogP contribution >= 0.6 is 0 Å². The van der Waals surface area contributed by atoms with Gasteiger partial charge < -0.3 is 14.4 Å². The molecule has 1 saturated heterocycles. The van der Waals surface area contributed by atoms with Crippen LogP contribution < -0.4 is 4.74 Å². The highest BCUT2D eigenvalue weighted by molar-refractivity contribution is 6.00. The van der Waals surface area contributed by atoms with E-state index >= 15 is 0 Å². The molecule has 0 radical (unpaired) electrons. The molecule has 0 spiro atoms. The summed E-state index contributed by atoms with van der Waals surface area (Å²) in [6.45, 7) is 5.96. The molecule has 0 bridgehead atoms. The summed E-state index contributed by atoms with van der Waals surface area (Å²) >= 11 is 0. The molecule has 6 heteroatoms. The fourth-order valence-corrected chi connectivity index (χ4v) is 4.61. The van der Waals surface area contributed by atoms with E-state index in [-0.39, 0.29) is 18.1 Å². The number of H-pyrrole nitrogens is 1. The Balaban J connectivity index is 1.61. The van der Waals surface area contributed by atoms with Gasteiger partial charge in [0.05, 0.1) is 24.4 Å². The summed E-state index contributed by atoms with van der Waals surface area (Å²) in [5, 5.41) is 7.58. The van der Waals surface area contributed by atoms with Crippen molar-refractivity contribution in [1.82, 2.24) is 15.1 Å². The fourth-order valence-electron chi connectivity index (χ4n) is 4.61. The number of aryl methyl sites for hydroxylation is 1. The van der Waals surface area contributed by atoms with Gasteiger partial charge in [-0.1, -0.05) is 42.0 Å². The molecule has 0 aliphatic carbocycles. The molecule has 1 aromatic heterocycles. The van der Waals surface area contributed by atoms with Crippen LogP contribution in [0.25, 0.3) is 11.3 Å². The average Bonchev–Trinajstić information content (AvgIpc) is 3.49. The molecule has 2 aliphatic rings. The van der Waals surface area contributed by atoms with Crippen LogP contribution in [-0.4, -0.2) is 46.9 Å². The second-order valence-corrected chi connectivity index (χ2v) is 8.23. The zero-order chi connectivity index (χ0) is 21.4. The SMILES string of the molecule is CCOc1cccc(C2c3c(-c4ccc(C)cc4)n[nH]c3C(=O)N2CC2CCCO2)c1. The van der Waals surface area contributed by atoms with E-state index in [2.05, 4.69) is 47.5 Å². The number of nitrogens with one attached hydrogen (secondary N) is 1. The molecular weight excluding hydrogens is 390 g/mol. The van der Waals surface area contributed by atoms with E-state index in [1.165, 1.54) is 5.56 Å². The molecule has 6 nitrogen and oxygen atoms in total. The van der Waals surface area contributed by atoms with Crippen LogP contribution in [0.15, 0.2) is 48.5 Å². The molecule has 2 aliphatic heterocycles. The summed E-state index contributed by atoms with van der Waals surface area (Å²) in [5.41, 5.74) is 5.53. The Morgan fingerprint density at radius 2 is 2.06 bits per heavy atom. The largest absolute Gasteiger partial charge is 0.494 e. The first kappa shape index (κ1) is 19.8. The summed E-state index contributed by atoms with van der Waals surface area (Å²) in [4.78, 5) is 15.4. The Morgan fingerprint density at radius 3 is 2.81 bits per heavy atom. The Bertz CT molecular complexity index is 1080. The first-order valence-electron chi connectivity index (χ1n) is 11.0. The summed E-state index contributed by atoms with van der Waals surface area (Å²) < 4.78 is 11.6. The lowest BCUT2D eigenvalue weighted by molar-refractivity contribution is 0.0495. The lowest BCUT2D eigenvalue weighted by atomic mass is 9.95. The van der Waals surface area contributed by atoms with Gasteiger partial charge in [0.2, 0.25) is 0 Å². The third kappa shape index (κ3) is 3.61. The summed E-state index contributed by atoms with van der Waals surface area (Å²) in [6, 6.07) is 16.1. The topological polar surface area (TPSA) is 67.5 Å². The van der Waals surface area contributed by atoms with Crippen LogP contribution in [-0.2, 0) is 4.74 Å². The van der Waals surface area contributed by atoms with E-state index in [4.69, 9.17) is 9.47 Å². The van der Waals surface area contributed by atoms with Crippen LogP contribution in [0.3, 0.4) is 0 Å². The van der Waals surface area contributed by atoms with E-state index in [0.29, 0.717) is 18.8 Å². The Kier molecular flexibility index (Phi) is 5.24. The maximum absolute atomic E-state index is 13.4. The molecule has 5 rings (SSSR count). The van der Waals surface area contributed by atoms with Gasteiger partial charge >= 0.3 is 0 Å². The van der Waals surface area contributed by atoms with Gasteiger partial charge in [0, 0.05) is 24.3 Å². The van der Waals surface area contributed by atoms with Crippen LogP contribution in [0.4, 0.5) is 0 Å². The Labute approximate surface area is 182 Å². The standard InChI is InChI=1S/C25H27N3O3/c1-3-30-19-7-4-6-18(14-19)24-21-22(17-11-9-16(2)10-12-17)26-27-23(21)25(29)28(24)15-20-8-5-13-31-20/h4,6-7,9-12,14,20,24H,3,5,8,13,15H2,1-2H3,(H,26,27). The average molecular weight is 418 g/mol. The molecule has 1 N–H and O–H groups in total. The number of rotatable bonds is 6. The third-order valence-corrected chi connectivity index (χ3v) is 6.10. The van der Waals surface area contributed by atoms with Crippen molar-refractivity contribution >= 4 is 5.91 Å². The lowest BCUT2D eigenvalue weighted by Crippen LogP contribution is -2.36. The van der Waals surface area contributed by atoms with Gasteiger partial charge in [-0.3, -0.25) is 9.89 Å². The smallest absolute Gasteiger partial charge is 0.273 e. The predicted molar refractivity (Wildman–Crippen MR) is 118 cm³/mol. The number of ether oxygens (including phenoxy) is 2. The van der Waals surface area contributed by atoms with E-state index in [1.807, 2.05) is 30.0 Å². The Hall–Kier alpha value is -3.12. The first-order valence-corrected chi connectivity index (χ1v) is 11.0. The summed E-state index contributed by atoms with van der Waals surface area (Å²) in [7, 11) is 0. The third-order valence-electron chi connectivity index (χ3n) is 6.10. The van der Waals surface area contributed by atoms with E-state index < -0.39 is 0 Å². The predicted octanol–water partition coefficient (Wildman–Crippen LogP) is 4.51. The van der Waals surface area contributed by atoms with Crippen molar-refractivity contribution in [3.8, 4) is 17.0 Å². The molecule has 3 heterocycles. The maximum atomic E-state index is 13.4. The van der Waals surface area contributed by atoms with Crippen LogP contribution in [0.1, 0.15) is 53.0 Å². The number of carbonyl (C=O) groups excluding carboxylic acids is 1. The molecule has 3 aromatic rings. The highest BCUT2D eigenvalue weighted by atomic mass is 16.5. The number of hydrogen-bond acceptors (Lipinski definition) is 4. The van der Waals surface area contributed by atoms with E-state index in [1.54, 1.807) is 0 Å². The lowest BCUT2D eigenvalue weighted by Gasteiger charge is -2.28. The number of aromatic nitrogens is 2. The molecule has 1 fully saturated rings. The van der Waals surface area contributed by atoms with E-state index in [0.717, 1.165) is 47.6 Å². The highest BCUT2D eigenvalue weighted by Gasteiger charge is 2.43. The van der Waals surface area contributed by atoms with Crippen LogP contribution in [0.5, 0.6) is 5.75 Å². The van der Waals surface area contributed by atoms with E-state index in [9.17, 15) is 4.79 Å². The van der Waals surface area contributed by atoms with Crippen molar-refractivity contribution in [3.05, 3.63) is 70.9 Å². The molecule has 1 amide bonds. The minimum absolute atomic E-state index is 0.0248. The van der Waals surface area contributed by atoms with Gasteiger partial charge in [0.25, 0.3) is 5.91 Å². The van der Waals surface area contributed by atoms with Crippen LogP contribution in [0.2, 0.25) is 0 Å². The van der Waals surface area contributed by atoms with Crippen LogP contribution in [0, 0.1) is 6.92 Å². The summed E-state index contributed by atoms with van der Waals surface area (Å²) in [6.07, 6.45) is 2.09. The monoisotopic (exact) mass is 417 g/mol. The number of carbonyl (C=O) groups is 1. The first-order chi connectivity index (χ1) is 15.2. The summed E-state index contributed by atoms with van der Waals surface area (Å²) in [5.74, 6) is 0.779. The number of hydrogen-bond donors (Lipinski definition) is 1. The molecule has 0 saturated carbocycles. The van der Waals surface area contributed by atoms with Crippen molar-refractivity contribution in [3.63, 3.8) is 0 Å². The number of benzene rings is 2. The molecular formula is C25H27N3O3. The maximum Gasteiger partial charge on any atom is 0.273 e. The van der Waals surface area contributed by atoms with Gasteiger partial charge in [0.15, 0.2) is 0 Å². The fraction of sp³-hybridized carbons (Fsp3) is 0.360. The number of fused-ring (bicyclic) bond motifs is 1. The van der Waals surface area contributed by atoms with Gasteiger partial charge in [-0.25, -0.2) is 0 Å². The molecule has 2 aromatic carbocycles. The quantitative estimate of drug-likeness (QED) is 0.641. The van der Waals surface area contributed by atoms with Gasteiger partial charge in [0.1, 0.15) is 11.4 Å². The number of aromatic amines is 1. The van der Waals surface area contributed by atoms with Gasteiger partial charge in [-0.2, -0.15) is 5.10 Å². The molecule has 2 atom stereocenters. The molecule has 2 unspecified atom stereocenters. The van der Waals surface area contributed by atoms with Crippen molar-refractivity contribution in [2.24, 2.45) is 0 Å². The van der Waals surface area contributed by atoms with Crippen molar-refractivity contribution in [2.45, 2.75) is 38.8 Å². The molecule has 31 heavy (non-hydrogen) atoms. The zero-order valence-corrected chi connectivity index (χ0v) is 17.9. The second-order valence-electron chi connectivity index (χ2n) is 8.23. The number of nitrogens with zero attached hydrogens (tertiary/aromatic N) is 2. The second kappa shape index (κ2) is 8.19. The minimum atomic E-state index is -0.234. The highest BCUT2D eigenvalue weighted by Crippen LogP contribution is 2.43. The molecule has 160 valence electrons. The van der Waals surface area contributed by atoms with Gasteiger partial charge in [-0.15, -0.1) is 0 Å². The van der Waals surface area contributed by atoms with Gasteiger partial charge in [-0.05, 0) is 44.4 Å². The Morgan fingerprint density at radius 1 is 1.23 bits per heavy atom. The van der Waals surface area contributed by atoms with Crippen molar-refractivity contribution in [2.75, 3.05) is 19.8 Å². The normalized spacial score (nSPS) is 20.3. The van der Waals surface area contributed by atoms with Crippen molar-refractivity contribution < 1.29 is 14.3 Å². The number of amides is 1. The zero-order valence-electron chi connectivity index (χ0n) is 17.9.